The van der Waals surface area contributed by atoms with E-state index in [1.54, 1.807) is 0 Å². The summed E-state index contributed by atoms with van der Waals surface area (Å²) >= 11 is 0. The maximum Gasteiger partial charge on any atom is 0.258 e. The van der Waals surface area contributed by atoms with Crippen LogP contribution < -0.4 is 15.0 Å². The number of carbonyl (C=O) groups is 1. The van der Waals surface area contributed by atoms with Crippen LogP contribution >= 0.6 is 0 Å². The van der Waals surface area contributed by atoms with Gasteiger partial charge in [-0.15, -0.1) is 0 Å². The van der Waals surface area contributed by atoms with Crippen LogP contribution in [-0.4, -0.2) is 35.6 Å². The molecule has 6 nitrogen and oxygen atoms in total. The van der Waals surface area contributed by atoms with Crippen molar-refractivity contribution in [2.24, 2.45) is 5.92 Å². The van der Waals surface area contributed by atoms with Crippen molar-refractivity contribution in [3.8, 4) is 5.88 Å². The van der Waals surface area contributed by atoms with Gasteiger partial charge in [0.15, 0.2) is 5.82 Å². The molecular formula is C24H28N4O2. The fourth-order valence-electron chi connectivity index (χ4n) is 3.83. The van der Waals surface area contributed by atoms with Crippen LogP contribution in [-0.2, 0) is 4.79 Å². The lowest BCUT2D eigenvalue weighted by atomic mass is 9.97. The largest absolute Gasteiger partial charge is 0.475 e. The fraction of sp³-hybridized carbons (Fsp3) is 0.375. The van der Waals surface area contributed by atoms with Crippen LogP contribution in [0.25, 0.3) is 11.0 Å². The molecule has 6 heteroatoms. The molecule has 1 aliphatic rings. The lowest BCUT2D eigenvalue weighted by Crippen LogP contribution is -2.41. The van der Waals surface area contributed by atoms with E-state index in [1.807, 2.05) is 55.5 Å². The standard InChI is InChI=1S/C24H28N4O2/c1-3-14-30-24-22(26-20-11-4-5-12-21(20)27-24)28-13-7-9-18(16-28)23(29)25-19-10-6-8-17(2)15-19/h4-6,8,10-12,15,18H,3,7,9,13-14,16H2,1-2H3,(H,25,29). The molecule has 0 radical (unpaired) electrons. The second-order valence-corrected chi connectivity index (χ2v) is 7.83. The minimum Gasteiger partial charge on any atom is -0.475 e. The predicted molar refractivity (Wildman–Crippen MR) is 120 cm³/mol. The van der Waals surface area contributed by atoms with Crippen LogP contribution in [0.4, 0.5) is 11.5 Å². The third kappa shape index (κ3) is 4.53. The van der Waals surface area contributed by atoms with E-state index >= 15 is 0 Å². The van der Waals surface area contributed by atoms with Crippen molar-refractivity contribution in [1.29, 1.82) is 0 Å². The Labute approximate surface area is 177 Å². The molecule has 4 rings (SSSR count). The maximum absolute atomic E-state index is 12.9. The van der Waals surface area contributed by atoms with E-state index in [2.05, 4.69) is 17.1 Å². The number of rotatable bonds is 6. The molecule has 0 aliphatic carbocycles. The van der Waals surface area contributed by atoms with E-state index in [1.165, 1.54) is 0 Å². The van der Waals surface area contributed by atoms with Gasteiger partial charge in [-0.25, -0.2) is 9.97 Å². The number of fused-ring (bicyclic) bond motifs is 1. The Hall–Kier alpha value is -3.15. The minimum absolute atomic E-state index is 0.0510. The quantitative estimate of drug-likeness (QED) is 0.651. The molecule has 0 spiro atoms. The monoisotopic (exact) mass is 404 g/mol. The molecule has 156 valence electrons. The number of aromatic nitrogens is 2. The van der Waals surface area contributed by atoms with Crippen molar-refractivity contribution < 1.29 is 9.53 Å². The highest BCUT2D eigenvalue weighted by Crippen LogP contribution is 2.31. The number of anilines is 2. The number of carbonyl (C=O) groups excluding carboxylic acids is 1. The third-order valence-corrected chi connectivity index (χ3v) is 5.34. The molecule has 1 atom stereocenters. The van der Waals surface area contributed by atoms with E-state index in [0.29, 0.717) is 19.0 Å². The zero-order valence-corrected chi connectivity index (χ0v) is 17.6. The van der Waals surface area contributed by atoms with Crippen LogP contribution in [0.1, 0.15) is 31.7 Å². The summed E-state index contributed by atoms with van der Waals surface area (Å²) in [7, 11) is 0. The Balaban J connectivity index is 1.56. The van der Waals surface area contributed by atoms with Crippen LogP contribution in [0, 0.1) is 12.8 Å². The molecule has 30 heavy (non-hydrogen) atoms. The van der Waals surface area contributed by atoms with Crippen molar-refractivity contribution in [3.05, 3.63) is 54.1 Å². The topological polar surface area (TPSA) is 67.4 Å². The molecule has 0 bridgehead atoms. The number of ether oxygens (including phenoxy) is 1. The molecule has 2 heterocycles. The first-order chi connectivity index (χ1) is 14.6. The Morgan fingerprint density at radius 3 is 2.73 bits per heavy atom. The van der Waals surface area contributed by atoms with E-state index < -0.39 is 0 Å². The first-order valence-electron chi connectivity index (χ1n) is 10.7. The first kappa shape index (κ1) is 20.1. The lowest BCUT2D eigenvalue weighted by molar-refractivity contribution is -0.120. The molecule has 1 fully saturated rings. The first-order valence-corrected chi connectivity index (χ1v) is 10.7. The van der Waals surface area contributed by atoms with Crippen molar-refractivity contribution in [3.63, 3.8) is 0 Å². The SMILES string of the molecule is CCCOc1nc2ccccc2nc1N1CCCC(C(=O)Nc2cccc(C)c2)C1. The van der Waals surface area contributed by atoms with E-state index in [4.69, 9.17) is 14.7 Å². The molecule has 1 N–H and O–H groups in total. The number of nitrogens with zero attached hydrogens (tertiary/aromatic N) is 3. The van der Waals surface area contributed by atoms with Crippen LogP contribution in [0.15, 0.2) is 48.5 Å². The van der Waals surface area contributed by atoms with Gasteiger partial charge in [0.2, 0.25) is 5.91 Å². The molecule has 1 saturated heterocycles. The highest BCUT2D eigenvalue weighted by molar-refractivity contribution is 5.93. The average Bonchev–Trinajstić information content (AvgIpc) is 2.77. The molecule has 1 aromatic heterocycles. The Morgan fingerprint density at radius 2 is 1.97 bits per heavy atom. The molecule has 1 aliphatic heterocycles. The van der Waals surface area contributed by atoms with Gasteiger partial charge in [-0.2, -0.15) is 0 Å². The Bertz CT molecular complexity index is 1040. The number of nitrogens with one attached hydrogen (secondary N) is 1. The highest BCUT2D eigenvalue weighted by atomic mass is 16.5. The molecule has 0 saturated carbocycles. The molecule has 1 unspecified atom stereocenters. The summed E-state index contributed by atoms with van der Waals surface area (Å²) in [5.74, 6) is 1.23. The summed E-state index contributed by atoms with van der Waals surface area (Å²) in [6.07, 6.45) is 2.68. The van der Waals surface area contributed by atoms with Gasteiger partial charge in [-0.05, 0) is 56.0 Å². The number of hydrogen-bond acceptors (Lipinski definition) is 5. The summed E-state index contributed by atoms with van der Waals surface area (Å²) in [6, 6.07) is 15.7. The van der Waals surface area contributed by atoms with Crippen LogP contribution in [0.3, 0.4) is 0 Å². The van der Waals surface area contributed by atoms with Gasteiger partial charge in [0.25, 0.3) is 5.88 Å². The second kappa shape index (κ2) is 9.11. The summed E-state index contributed by atoms with van der Waals surface area (Å²) in [5, 5.41) is 3.07. The average molecular weight is 405 g/mol. The van der Waals surface area contributed by atoms with Crippen molar-refractivity contribution in [1.82, 2.24) is 9.97 Å². The van der Waals surface area contributed by atoms with Crippen molar-refractivity contribution in [2.75, 3.05) is 29.9 Å². The Kier molecular flexibility index (Phi) is 6.12. The van der Waals surface area contributed by atoms with Gasteiger partial charge in [-0.3, -0.25) is 4.79 Å². The van der Waals surface area contributed by atoms with Gasteiger partial charge in [0.1, 0.15) is 0 Å². The molecular weight excluding hydrogens is 376 g/mol. The lowest BCUT2D eigenvalue weighted by Gasteiger charge is -2.33. The smallest absolute Gasteiger partial charge is 0.258 e. The Morgan fingerprint density at radius 1 is 1.17 bits per heavy atom. The number of para-hydroxylation sites is 2. The highest BCUT2D eigenvalue weighted by Gasteiger charge is 2.29. The van der Waals surface area contributed by atoms with E-state index in [9.17, 15) is 4.79 Å². The number of benzene rings is 2. The second-order valence-electron chi connectivity index (χ2n) is 7.83. The summed E-state index contributed by atoms with van der Waals surface area (Å²) in [6.45, 7) is 6.12. The van der Waals surface area contributed by atoms with Crippen molar-refractivity contribution >= 4 is 28.4 Å². The van der Waals surface area contributed by atoms with E-state index in [-0.39, 0.29) is 11.8 Å². The summed E-state index contributed by atoms with van der Waals surface area (Å²) in [5.41, 5.74) is 3.62. The maximum atomic E-state index is 12.9. The van der Waals surface area contributed by atoms with Gasteiger partial charge < -0.3 is 15.0 Å². The number of aryl methyl sites for hydroxylation is 1. The van der Waals surface area contributed by atoms with Crippen molar-refractivity contribution in [2.45, 2.75) is 33.1 Å². The summed E-state index contributed by atoms with van der Waals surface area (Å²) in [4.78, 5) is 24.6. The van der Waals surface area contributed by atoms with Gasteiger partial charge in [0, 0.05) is 18.8 Å². The molecule has 1 amide bonds. The van der Waals surface area contributed by atoms with E-state index in [0.717, 1.165) is 53.9 Å². The minimum atomic E-state index is -0.105. The van der Waals surface area contributed by atoms with Gasteiger partial charge in [0.05, 0.1) is 23.6 Å². The number of amides is 1. The number of hydrogen-bond donors (Lipinski definition) is 1. The van der Waals surface area contributed by atoms with Gasteiger partial charge >= 0.3 is 0 Å². The van der Waals surface area contributed by atoms with Gasteiger partial charge in [-0.1, -0.05) is 31.2 Å². The summed E-state index contributed by atoms with van der Waals surface area (Å²) < 4.78 is 5.94. The fourth-order valence-corrected chi connectivity index (χ4v) is 3.83. The third-order valence-electron chi connectivity index (χ3n) is 5.34. The molecule has 2 aromatic carbocycles. The van der Waals surface area contributed by atoms with Crippen LogP contribution in [0.2, 0.25) is 0 Å². The molecule has 3 aromatic rings. The predicted octanol–water partition coefficient (Wildman–Crippen LogP) is 4.58. The zero-order chi connectivity index (χ0) is 20.9. The van der Waals surface area contributed by atoms with Crippen LogP contribution in [0.5, 0.6) is 5.88 Å². The number of piperidine rings is 1. The zero-order valence-electron chi connectivity index (χ0n) is 17.6. The normalized spacial score (nSPS) is 16.5.